The summed E-state index contributed by atoms with van der Waals surface area (Å²) in [6.07, 6.45) is 0. The molecule has 0 amide bonds. The van der Waals surface area contributed by atoms with Gasteiger partial charge in [-0.3, -0.25) is 0 Å². The second-order valence-corrected chi connectivity index (χ2v) is 26.0. The van der Waals surface area contributed by atoms with Crippen molar-refractivity contribution in [2.24, 2.45) is 0 Å². The maximum absolute atomic E-state index is 2.39. The topological polar surface area (TPSA) is 9.86 Å². The van der Waals surface area contributed by atoms with E-state index < -0.39 is 0 Å². The number of hydrogen-bond acceptors (Lipinski definition) is 0. The van der Waals surface area contributed by atoms with Crippen LogP contribution in [0.15, 0.2) is 364 Å². The van der Waals surface area contributed by atoms with E-state index in [9.17, 15) is 0 Å². The molecular formula is C96H66N2. The normalized spacial score (nSPS) is 11.6. The molecule has 460 valence electrons. The van der Waals surface area contributed by atoms with Crippen molar-refractivity contribution < 1.29 is 0 Å². The van der Waals surface area contributed by atoms with Crippen molar-refractivity contribution >= 4 is 86.7 Å². The minimum absolute atomic E-state index is 1.19. The second kappa shape index (κ2) is 24.3. The quantitative estimate of drug-likeness (QED) is 0.128. The zero-order valence-electron chi connectivity index (χ0n) is 54.5. The number of nitrogens with zero attached hydrogens (tertiary/aromatic N) is 2. The molecule has 19 rings (SSSR count). The number of hydrogen-bond donors (Lipinski definition) is 0. The first-order chi connectivity index (χ1) is 48.5. The molecule has 98 heavy (non-hydrogen) atoms. The molecule has 0 fully saturated rings. The molecule has 0 spiro atoms. The van der Waals surface area contributed by atoms with Crippen molar-refractivity contribution in [2.75, 3.05) is 0 Å². The molecule has 0 radical (unpaired) electrons. The van der Waals surface area contributed by atoms with E-state index in [0.717, 1.165) is 0 Å². The first-order valence-corrected chi connectivity index (χ1v) is 34.0. The van der Waals surface area contributed by atoms with Gasteiger partial charge in [-0.1, -0.05) is 303 Å². The average molecular weight is 1250 g/mol. The molecule has 0 saturated carbocycles. The van der Waals surface area contributed by atoms with Crippen LogP contribution in [0.1, 0.15) is 11.1 Å². The van der Waals surface area contributed by atoms with Gasteiger partial charge in [-0.25, -0.2) is 0 Å². The molecule has 0 aliphatic heterocycles. The zero-order chi connectivity index (χ0) is 65.2. The van der Waals surface area contributed by atoms with Crippen LogP contribution in [0.2, 0.25) is 0 Å². The standard InChI is InChI=1S/C51H35N.C45H31N/c1-34-12-11-15-41(32-34)52-48-21-10-9-16-42(48)47-33-40(30-31-49(47)52)37-24-28-39(29-25-37)51-45-19-7-5-17-43(45)50(44-18-6-8-20-46(44)51)38-26-22-36(23-27-38)35-13-3-2-4-14-35;1-30-12-11-15-35(28-30)46-42-21-10-9-16-36(42)41-29-34(26-27-43(41)46)31-22-24-33(25-23-31)45-39-19-7-5-17-37(39)44(32-13-3-2-4-14-32)38-18-6-8-20-40(38)45/h2-33H,1H3;2-29H,1H3. The summed E-state index contributed by atoms with van der Waals surface area (Å²) in [6, 6.07) is 133. The summed E-state index contributed by atoms with van der Waals surface area (Å²) >= 11 is 0. The predicted octanol–water partition coefficient (Wildman–Crippen LogP) is 26.5. The molecule has 2 nitrogen and oxygen atoms in total. The van der Waals surface area contributed by atoms with Gasteiger partial charge in [0.1, 0.15) is 0 Å². The number of para-hydroxylation sites is 2. The molecule has 2 heteroatoms. The summed E-state index contributed by atoms with van der Waals surface area (Å²) < 4.78 is 4.78. The number of aromatic nitrogens is 2. The number of rotatable bonds is 9. The van der Waals surface area contributed by atoms with Gasteiger partial charge in [0.25, 0.3) is 0 Å². The molecule has 0 aliphatic carbocycles. The van der Waals surface area contributed by atoms with Crippen molar-refractivity contribution in [3.63, 3.8) is 0 Å². The number of benzene rings is 17. The highest BCUT2D eigenvalue weighted by molar-refractivity contribution is 6.23. The van der Waals surface area contributed by atoms with Gasteiger partial charge >= 0.3 is 0 Å². The monoisotopic (exact) mass is 1250 g/mol. The maximum atomic E-state index is 2.39. The third kappa shape index (κ3) is 10.0. The Labute approximate surface area is 570 Å². The molecule has 0 aliphatic rings. The lowest BCUT2D eigenvalue weighted by atomic mass is 9.85. The van der Waals surface area contributed by atoms with E-state index in [1.165, 1.54) is 187 Å². The van der Waals surface area contributed by atoms with Crippen LogP contribution in [-0.2, 0) is 0 Å². The van der Waals surface area contributed by atoms with Crippen LogP contribution in [0, 0.1) is 13.8 Å². The summed E-state index contributed by atoms with van der Waals surface area (Å²) in [5.41, 5.74) is 27.2. The first kappa shape index (κ1) is 58.0. The van der Waals surface area contributed by atoms with Crippen molar-refractivity contribution in [3.05, 3.63) is 375 Å². The minimum Gasteiger partial charge on any atom is -0.309 e. The van der Waals surface area contributed by atoms with Gasteiger partial charge < -0.3 is 9.13 Å². The Hall–Kier alpha value is -12.6. The molecule has 0 bridgehead atoms. The van der Waals surface area contributed by atoms with Crippen molar-refractivity contribution in [3.8, 4) is 89.3 Å². The minimum atomic E-state index is 1.19. The Morgan fingerprint density at radius 1 is 0.153 bits per heavy atom. The van der Waals surface area contributed by atoms with Crippen molar-refractivity contribution in [1.82, 2.24) is 9.13 Å². The third-order valence-corrected chi connectivity index (χ3v) is 20.1. The first-order valence-electron chi connectivity index (χ1n) is 34.0. The number of fused-ring (bicyclic) bond motifs is 10. The third-order valence-electron chi connectivity index (χ3n) is 20.1. The largest absolute Gasteiger partial charge is 0.309 e. The van der Waals surface area contributed by atoms with Crippen LogP contribution in [0.25, 0.3) is 176 Å². The molecule has 2 heterocycles. The van der Waals surface area contributed by atoms with Crippen LogP contribution in [0.5, 0.6) is 0 Å². The lowest BCUT2D eigenvalue weighted by Gasteiger charge is -2.18. The van der Waals surface area contributed by atoms with Crippen molar-refractivity contribution in [2.45, 2.75) is 13.8 Å². The Morgan fingerprint density at radius 3 is 0.714 bits per heavy atom. The van der Waals surface area contributed by atoms with E-state index >= 15 is 0 Å². The van der Waals surface area contributed by atoms with Crippen molar-refractivity contribution in [1.29, 1.82) is 0 Å². The lowest BCUT2D eigenvalue weighted by Crippen LogP contribution is -1.94. The summed E-state index contributed by atoms with van der Waals surface area (Å²) in [5, 5.41) is 15.3. The van der Waals surface area contributed by atoms with E-state index in [4.69, 9.17) is 0 Å². The zero-order valence-corrected chi connectivity index (χ0v) is 54.5. The fourth-order valence-electron chi connectivity index (χ4n) is 15.6. The molecule has 0 saturated heterocycles. The average Bonchev–Trinajstić information content (AvgIpc) is 0.983. The Balaban J connectivity index is 0.000000143. The van der Waals surface area contributed by atoms with Gasteiger partial charge in [0, 0.05) is 32.9 Å². The predicted molar refractivity (Wildman–Crippen MR) is 419 cm³/mol. The van der Waals surface area contributed by atoms with E-state index in [1.54, 1.807) is 0 Å². The molecule has 0 unspecified atom stereocenters. The SMILES string of the molecule is Cc1cccc(-n2c3ccccc3c3cc(-c4ccc(-c5c6ccccc6c(-c6ccc(-c7ccccc7)cc6)c6ccccc56)cc4)ccc32)c1.Cc1cccc(-n2c3ccccc3c3cc(-c4ccc(-c5c6ccccc6c(-c6ccccc6)c6ccccc56)cc4)ccc32)c1. The van der Waals surface area contributed by atoms with Gasteiger partial charge in [-0.05, 0) is 207 Å². The highest BCUT2D eigenvalue weighted by atomic mass is 15.0. The fourth-order valence-corrected chi connectivity index (χ4v) is 15.6. The number of aryl methyl sites for hydroxylation is 2. The van der Waals surface area contributed by atoms with Gasteiger partial charge in [0.15, 0.2) is 0 Å². The van der Waals surface area contributed by atoms with Gasteiger partial charge in [-0.15, -0.1) is 0 Å². The van der Waals surface area contributed by atoms with E-state index in [0.29, 0.717) is 0 Å². The Kier molecular flexibility index (Phi) is 14.4. The molecule has 0 N–H and O–H groups in total. The summed E-state index contributed by atoms with van der Waals surface area (Å²) in [6.45, 7) is 4.31. The molecule has 19 aromatic rings. The van der Waals surface area contributed by atoms with E-state index in [2.05, 4.69) is 387 Å². The summed E-state index contributed by atoms with van der Waals surface area (Å²) in [7, 11) is 0. The Morgan fingerprint density at radius 2 is 0.388 bits per heavy atom. The van der Waals surface area contributed by atoms with Crippen LogP contribution >= 0.6 is 0 Å². The lowest BCUT2D eigenvalue weighted by molar-refractivity contribution is 1.17. The molecular weight excluding hydrogens is 1180 g/mol. The van der Waals surface area contributed by atoms with Gasteiger partial charge in [-0.2, -0.15) is 0 Å². The Bertz CT molecular complexity index is 6160. The smallest absolute Gasteiger partial charge is 0.0541 e. The van der Waals surface area contributed by atoms with E-state index in [-0.39, 0.29) is 0 Å². The van der Waals surface area contributed by atoms with Gasteiger partial charge in [0.2, 0.25) is 0 Å². The molecule has 0 atom stereocenters. The second-order valence-electron chi connectivity index (χ2n) is 26.0. The highest BCUT2D eigenvalue weighted by Crippen LogP contribution is 2.47. The maximum Gasteiger partial charge on any atom is 0.0541 e. The van der Waals surface area contributed by atoms with E-state index in [1.807, 2.05) is 0 Å². The van der Waals surface area contributed by atoms with Gasteiger partial charge in [0.05, 0.1) is 22.1 Å². The molecule has 2 aromatic heterocycles. The summed E-state index contributed by atoms with van der Waals surface area (Å²) in [5.74, 6) is 0. The van der Waals surface area contributed by atoms with Crippen LogP contribution < -0.4 is 0 Å². The van der Waals surface area contributed by atoms with Crippen LogP contribution in [-0.4, -0.2) is 9.13 Å². The van der Waals surface area contributed by atoms with Crippen LogP contribution in [0.3, 0.4) is 0 Å². The van der Waals surface area contributed by atoms with Crippen LogP contribution in [0.4, 0.5) is 0 Å². The fraction of sp³-hybridized carbons (Fsp3) is 0.0208. The molecule has 17 aromatic carbocycles. The summed E-state index contributed by atoms with van der Waals surface area (Å²) in [4.78, 5) is 0. The highest BCUT2D eigenvalue weighted by Gasteiger charge is 2.21.